The molecule has 0 aliphatic heterocycles. The average Bonchev–Trinajstić information content (AvgIpc) is 2.99. The lowest BCUT2D eigenvalue weighted by Gasteiger charge is -2.38. The molecule has 0 saturated heterocycles. The van der Waals surface area contributed by atoms with Crippen LogP contribution in [0.2, 0.25) is 33.2 Å². The molecule has 0 spiro atoms. The Morgan fingerprint density at radius 3 is 1.09 bits per heavy atom. The van der Waals surface area contributed by atoms with E-state index in [1.165, 1.54) is 16.2 Å². The third-order valence-corrected chi connectivity index (χ3v) is 24.0. The molecule has 0 fully saturated rings. The number of hydrogen-bond donors (Lipinski definition) is 0. The van der Waals surface area contributed by atoms with E-state index in [1.54, 1.807) is 12.1 Å². The Labute approximate surface area is 285 Å². The lowest BCUT2D eigenvalue weighted by molar-refractivity contribution is 0.630. The van der Waals surface area contributed by atoms with Gasteiger partial charge >= 0.3 is 0 Å². The molecular formula is C44H53FSi2. The van der Waals surface area contributed by atoms with Gasteiger partial charge in [-0.15, -0.1) is 11.1 Å². The summed E-state index contributed by atoms with van der Waals surface area (Å²) in [5, 5.41) is 8.84. The van der Waals surface area contributed by atoms with Crippen LogP contribution in [0.25, 0.3) is 43.1 Å². The van der Waals surface area contributed by atoms with Gasteiger partial charge in [-0.25, -0.2) is 4.39 Å². The van der Waals surface area contributed by atoms with Crippen LogP contribution in [0.1, 0.15) is 94.2 Å². The van der Waals surface area contributed by atoms with Crippen molar-refractivity contribution in [3.05, 3.63) is 83.7 Å². The molecule has 0 saturated carbocycles. The first kappa shape index (κ1) is 34.9. The van der Waals surface area contributed by atoms with E-state index >= 15 is 0 Å². The fourth-order valence-electron chi connectivity index (χ4n) is 9.10. The van der Waals surface area contributed by atoms with Crippen molar-refractivity contribution in [2.45, 2.75) is 116 Å². The van der Waals surface area contributed by atoms with Gasteiger partial charge in [-0.05, 0) is 113 Å². The SMILES string of the molecule is CC(C)[Si](C#Cc1c2cc3ccccc3cc2c(C#C[Si](C(C)C)(C(C)C)C(C)C)c2cc3cc(F)ccc3cc12)(C(C)C)C(C)C. The van der Waals surface area contributed by atoms with Crippen LogP contribution in [-0.4, -0.2) is 16.1 Å². The fourth-order valence-corrected chi connectivity index (χ4v) is 19.5. The molecule has 0 nitrogen and oxygen atoms in total. The summed E-state index contributed by atoms with van der Waals surface area (Å²) in [6, 6.07) is 22.9. The molecule has 0 radical (unpaired) electrons. The highest BCUT2D eigenvalue weighted by Crippen LogP contribution is 2.43. The lowest BCUT2D eigenvalue weighted by atomic mass is 9.89. The topological polar surface area (TPSA) is 0 Å². The molecule has 0 heterocycles. The van der Waals surface area contributed by atoms with E-state index in [0.717, 1.165) is 38.1 Å². The lowest BCUT2D eigenvalue weighted by Crippen LogP contribution is -2.43. The van der Waals surface area contributed by atoms with Crippen molar-refractivity contribution in [2.24, 2.45) is 0 Å². The van der Waals surface area contributed by atoms with Crippen molar-refractivity contribution in [1.82, 2.24) is 0 Å². The van der Waals surface area contributed by atoms with E-state index in [0.29, 0.717) is 33.2 Å². The molecule has 47 heavy (non-hydrogen) atoms. The maximum atomic E-state index is 14.7. The van der Waals surface area contributed by atoms with Gasteiger partial charge in [0.1, 0.15) is 22.0 Å². The Morgan fingerprint density at radius 2 is 0.745 bits per heavy atom. The number of benzene rings is 5. The Kier molecular flexibility index (Phi) is 9.86. The Hall–Kier alpha value is -3.38. The molecule has 3 heteroatoms. The van der Waals surface area contributed by atoms with Crippen LogP contribution in [0.15, 0.2) is 66.7 Å². The zero-order chi connectivity index (χ0) is 34.4. The first-order valence-electron chi connectivity index (χ1n) is 17.7. The van der Waals surface area contributed by atoms with E-state index < -0.39 is 16.1 Å². The smallest absolute Gasteiger partial charge is 0.146 e. The number of fused-ring (bicyclic) bond motifs is 4. The van der Waals surface area contributed by atoms with Crippen LogP contribution in [0, 0.1) is 28.7 Å². The number of hydrogen-bond acceptors (Lipinski definition) is 0. The van der Waals surface area contributed by atoms with Gasteiger partial charge in [0.2, 0.25) is 0 Å². The predicted octanol–water partition coefficient (Wildman–Crippen LogP) is 13.6. The van der Waals surface area contributed by atoms with E-state index in [4.69, 9.17) is 0 Å². The van der Waals surface area contributed by atoms with Gasteiger partial charge in [-0.3, -0.25) is 0 Å². The molecule has 0 aliphatic rings. The van der Waals surface area contributed by atoms with E-state index in [1.807, 2.05) is 6.07 Å². The summed E-state index contributed by atoms with van der Waals surface area (Å²) in [7, 11) is -4.06. The summed E-state index contributed by atoms with van der Waals surface area (Å²) in [5.41, 5.74) is 13.4. The molecule has 5 aromatic rings. The van der Waals surface area contributed by atoms with Gasteiger partial charge in [0.25, 0.3) is 0 Å². The van der Waals surface area contributed by atoms with Crippen molar-refractivity contribution in [2.75, 3.05) is 0 Å². The first-order chi connectivity index (χ1) is 22.1. The quantitative estimate of drug-likeness (QED) is 0.0969. The van der Waals surface area contributed by atoms with Gasteiger partial charge in [0, 0.05) is 11.1 Å². The Bertz CT molecular complexity index is 2050. The van der Waals surface area contributed by atoms with Crippen LogP contribution < -0.4 is 0 Å². The molecule has 0 N–H and O–H groups in total. The van der Waals surface area contributed by atoms with Gasteiger partial charge in [-0.1, -0.05) is 125 Å². The molecule has 0 atom stereocenters. The average molecular weight is 657 g/mol. The van der Waals surface area contributed by atoms with Gasteiger partial charge in [0.15, 0.2) is 0 Å². The highest BCUT2D eigenvalue weighted by Gasteiger charge is 2.42. The summed E-state index contributed by atoms with van der Waals surface area (Å²) in [6.45, 7) is 28.5. The number of rotatable bonds is 6. The molecule has 0 aromatic heterocycles. The van der Waals surface area contributed by atoms with Crippen LogP contribution in [0.5, 0.6) is 0 Å². The summed E-state index contributed by atoms with van der Waals surface area (Å²) in [4.78, 5) is 0. The predicted molar refractivity (Wildman–Crippen MR) is 212 cm³/mol. The van der Waals surface area contributed by atoms with Gasteiger partial charge < -0.3 is 0 Å². The van der Waals surface area contributed by atoms with Crippen LogP contribution in [0.4, 0.5) is 4.39 Å². The molecular weight excluding hydrogens is 604 g/mol. The standard InChI is InChI=1S/C44H53FSi2/c1-28(2)46(29(3)4,30(5)6)21-19-39-41-24-34-15-13-14-16-35(34)25-42(41)40(20-22-47(31(7)8,32(9)10)33(11)12)44-27-37-23-38(45)18-17-36(37)26-43(39)44/h13-18,23-33H,1-12H3. The Morgan fingerprint density at radius 1 is 0.426 bits per heavy atom. The zero-order valence-electron chi connectivity index (χ0n) is 30.7. The van der Waals surface area contributed by atoms with Crippen molar-refractivity contribution >= 4 is 59.2 Å². The van der Waals surface area contributed by atoms with Crippen LogP contribution in [-0.2, 0) is 0 Å². The maximum absolute atomic E-state index is 14.7. The largest absolute Gasteiger partial charge is 0.207 e. The minimum atomic E-state index is -2.04. The van der Waals surface area contributed by atoms with E-state index in [2.05, 4.69) is 155 Å². The molecule has 0 amide bonds. The van der Waals surface area contributed by atoms with Crippen molar-refractivity contribution < 1.29 is 4.39 Å². The van der Waals surface area contributed by atoms with Crippen molar-refractivity contribution in [1.29, 1.82) is 0 Å². The van der Waals surface area contributed by atoms with E-state index in [-0.39, 0.29) is 5.82 Å². The molecule has 0 bridgehead atoms. The first-order valence-corrected chi connectivity index (χ1v) is 22.2. The molecule has 5 aromatic carbocycles. The van der Waals surface area contributed by atoms with Gasteiger partial charge in [-0.2, -0.15) is 0 Å². The Balaban J connectivity index is 2.04. The summed E-state index contributed by atoms with van der Waals surface area (Å²) in [5.74, 6) is 7.58. The third kappa shape index (κ3) is 5.96. The highest BCUT2D eigenvalue weighted by molar-refractivity contribution is 6.91. The van der Waals surface area contributed by atoms with Crippen LogP contribution >= 0.6 is 0 Å². The molecule has 0 aliphatic carbocycles. The van der Waals surface area contributed by atoms with Gasteiger partial charge in [0.05, 0.1) is 0 Å². The van der Waals surface area contributed by atoms with Crippen molar-refractivity contribution in [3.8, 4) is 22.9 Å². The minimum absolute atomic E-state index is 0.219. The third-order valence-electron chi connectivity index (χ3n) is 11.4. The normalized spacial score (nSPS) is 12.7. The minimum Gasteiger partial charge on any atom is -0.207 e. The summed E-state index contributed by atoms with van der Waals surface area (Å²) >= 11 is 0. The zero-order valence-corrected chi connectivity index (χ0v) is 32.7. The number of halogens is 1. The fraction of sp³-hybridized carbons (Fsp3) is 0.409. The second kappa shape index (κ2) is 13.3. The molecule has 5 rings (SSSR count). The maximum Gasteiger partial charge on any atom is 0.146 e. The molecule has 244 valence electrons. The second-order valence-corrected chi connectivity index (χ2v) is 26.8. The van der Waals surface area contributed by atoms with Crippen LogP contribution in [0.3, 0.4) is 0 Å². The molecule has 0 unspecified atom stereocenters. The second-order valence-electron chi connectivity index (χ2n) is 15.7. The highest BCUT2D eigenvalue weighted by atomic mass is 28.3. The monoisotopic (exact) mass is 656 g/mol. The summed E-state index contributed by atoms with van der Waals surface area (Å²) in [6.07, 6.45) is 0. The van der Waals surface area contributed by atoms with Crippen molar-refractivity contribution in [3.63, 3.8) is 0 Å². The summed E-state index contributed by atoms with van der Waals surface area (Å²) < 4.78 is 14.7. The van der Waals surface area contributed by atoms with E-state index in [9.17, 15) is 4.39 Å².